The van der Waals surface area contributed by atoms with Gasteiger partial charge in [-0.2, -0.15) is 0 Å². The second-order valence-electron chi connectivity index (χ2n) is 4.38. The summed E-state index contributed by atoms with van der Waals surface area (Å²) in [5.74, 6) is 0.813. The van der Waals surface area contributed by atoms with Gasteiger partial charge in [-0.05, 0) is 24.6 Å². The average molecular weight is 237 g/mol. The molecule has 0 aliphatic heterocycles. The van der Waals surface area contributed by atoms with Gasteiger partial charge < -0.3 is 10.3 Å². The molecule has 1 heterocycles. The van der Waals surface area contributed by atoms with E-state index in [4.69, 9.17) is 0 Å². The molecule has 3 rings (SSSR count). The van der Waals surface area contributed by atoms with Crippen LogP contribution in [0.1, 0.15) is 18.5 Å². The number of benzene rings is 2. The third-order valence-electron chi connectivity index (χ3n) is 3.04. The van der Waals surface area contributed by atoms with Gasteiger partial charge in [-0.1, -0.05) is 42.5 Å². The number of fused-ring (bicyclic) bond motifs is 1. The van der Waals surface area contributed by atoms with Crippen molar-refractivity contribution in [3.8, 4) is 0 Å². The van der Waals surface area contributed by atoms with Crippen LogP contribution in [0.5, 0.6) is 0 Å². The zero-order valence-corrected chi connectivity index (χ0v) is 10.2. The van der Waals surface area contributed by atoms with E-state index in [1.807, 2.05) is 42.5 Å². The number of anilines is 1. The van der Waals surface area contributed by atoms with Gasteiger partial charge in [0, 0.05) is 0 Å². The molecule has 0 fully saturated rings. The van der Waals surface area contributed by atoms with Crippen LogP contribution in [0.2, 0.25) is 0 Å². The van der Waals surface area contributed by atoms with Gasteiger partial charge in [0.05, 0.1) is 17.1 Å². The SMILES string of the molecule is C[C@@H](Nc1nc2ccccc2[nH]1)c1ccccc1. The van der Waals surface area contributed by atoms with Gasteiger partial charge in [-0.3, -0.25) is 0 Å². The van der Waals surface area contributed by atoms with E-state index in [1.165, 1.54) is 5.56 Å². The normalized spacial score (nSPS) is 12.5. The van der Waals surface area contributed by atoms with Crippen molar-refractivity contribution < 1.29 is 0 Å². The monoisotopic (exact) mass is 237 g/mol. The Morgan fingerprint density at radius 3 is 2.50 bits per heavy atom. The van der Waals surface area contributed by atoms with E-state index >= 15 is 0 Å². The Morgan fingerprint density at radius 1 is 1.00 bits per heavy atom. The predicted octanol–water partition coefficient (Wildman–Crippen LogP) is 3.74. The molecule has 0 aliphatic rings. The number of aromatic nitrogens is 2. The van der Waals surface area contributed by atoms with Gasteiger partial charge in [-0.15, -0.1) is 0 Å². The highest BCUT2D eigenvalue weighted by atomic mass is 15.1. The van der Waals surface area contributed by atoms with Crippen LogP contribution in [0.3, 0.4) is 0 Å². The van der Waals surface area contributed by atoms with Crippen molar-refractivity contribution in [2.45, 2.75) is 13.0 Å². The third kappa shape index (κ3) is 2.07. The lowest BCUT2D eigenvalue weighted by atomic mass is 10.1. The fourth-order valence-corrected chi connectivity index (χ4v) is 2.05. The molecule has 0 aliphatic carbocycles. The van der Waals surface area contributed by atoms with Crippen LogP contribution in [-0.4, -0.2) is 9.97 Å². The summed E-state index contributed by atoms with van der Waals surface area (Å²) >= 11 is 0. The number of nitrogens with one attached hydrogen (secondary N) is 2. The van der Waals surface area contributed by atoms with Crippen LogP contribution in [0.25, 0.3) is 11.0 Å². The molecule has 0 saturated carbocycles. The molecule has 0 amide bonds. The van der Waals surface area contributed by atoms with E-state index in [0.29, 0.717) is 0 Å². The number of hydrogen-bond donors (Lipinski definition) is 2. The van der Waals surface area contributed by atoms with Gasteiger partial charge >= 0.3 is 0 Å². The van der Waals surface area contributed by atoms with Crippen molar-refractivity contribution in [3.63, 3.8) is 0 Å². The minimum Gasteiger partial charge on any atom is -0.349 e. The molecule has 18 heavy (non-hydrogen) atoms. The first-order valence-electron chi connectivity index (χ1n) is 6.09. The van der Waals surface area contributed by atoms with Crippen LogP contribution < -0.4 is 5.32 Å². The second-order valence-corrected chi connectivity index (χ2v) is 4.38. The van der Waals surface area contributed by atoms with E-state index in [2.05, 4.69) is 34.3 Å². The first-order chi connectivity index (χ1) is 8.83. The molecule has 90 valence electrons. The molecule has 3 aromatic rings. The summed E-state index contributed by atoms with van der Waals surface area (Å²) in [5, 5.41) is 3.38. The van der Waals surface area contributed by atoms with Gasteiger partial charge in [0.25, 0.3) is 0 Å². The summed E-state index contributed by atoms with van der Waals surface area (Å²) in [7, 11) is 0. The number of rotatable bonds is 3. The molecule has 0 spiro atoms. The maximum absolute atomic E-state index is 4.51. The van der Waals surface area contributed by atoms with Crippen LogP contribution >= 0.6 is 0 Å². The molecular formula is C15H15N3. The fourth-order valence-electron chi connectivity index (χ4n) is 2.05. The molecule has 1 atom stereocenters. The van der Waals surface area contributed by atoms with Gasteiger partial charge in [0.15, 0.2) is 0 Å². The lowest BCUT2D eigenvalue weighted by Gasteiger charge is -2.12. The van der Waals surface area contributed by atoms with Gasteiger partial charge in [-0.25, -0.2) is 4.98 Å². The number of nitrogens with zero attached hydrogens (tertiary/aromatic N) is 1. The smallest absolute Gasteiger partial charge is 0.201 e. The molecule has 1 aromatic heterocycles. The highest BCUT2D eigenvalue weighted by Crippen LogP contribution is 2.19. The maximum Gasteiger partial charge on any atom is 0.201 e. The summed E-state index contributed by atoms with van der Waals surface area (Å²) in [4.78, 5) is 7.79. The van der Waals surface area contributed by atoms with E-state index in [-0.39, 0.29) is 6.04 Å². The number of H-pyrrole nitrogens is 1. The molecule has 3 heteroatoms. The average Bonchev–Trinajstić information content (AvgIpc) is 2.82. The van der Waals surface area contributed by atoms with E-state index < -0.39 is 0 Å². The van der Waals surface area contributed by atoms with Crippen molar-refractivity contribution in [1.29, 1.82) is 0 Å². The number of imidazole rings is 1. The topological polar surface area (TPSA) is 40.7 Å². The van der Waals surface area contributed by atoms with Crippen molar-refractivity contribution in [2.75, 3.05) is 5.32 Å². The standard InChI is InChI=1S/C15H15N3/c1-11(12-7-3-2-4-8-12)16-15-17-13-9-5-6-10-14(13)18-15/h2-11H,1H3,(H2,16,17,18)/t11-/m1/s1. The molecule has 3 nitrogen and oxygen atoms in total. The van der Waals surface area contributed by atoms with Crippen LogP contribution in [0.15, 0.2) is 54.6 Å². The van der Waals surface area contributed by atoms with Crippen molar-refractivity contribution in [1.82, 2.24) is 9.97 Å². The minimum atomic E-state index is 0.228. The maximum atomic E-state index is 4.51. The summed E-state index contributed by atoms with van der Waals surface area (Å²) in [5.41, 5.74) is 3.29. The Hall–Kier alpha value is -2.29. The van der Waals surface area contributed by atoms with Gasteiger partial charge in [0.1, 0.15) is 0 Å². The Bertz CT molecular complexity index is 610. The molecule has 0 unspecified atom stereocenters. The molecule has 0 radical (unpaired) electrons. The van der Waals surface area contributed by atoms with E-state index in [0.717, 1.165) is 17.0 Å². The lowest BCUT2D eigenvalue weighted by molar-refractivity contribution is 0.869. The van der Waals surface area contributed by atoms with E-state index in [1.54, 1.807) is 0 Å². The summed E-state index contributed by atoms with van der Waals surface area (Å²) in [6.07, 6.45) is 0. The first-order valence-corrected chi connectivity index (χ1v) is 6.09. The molecular weight excluding hydrogens is 222 g/mol. The fraction of sp³-hybridized carbons (Fsp3) is 0.133. The number of aromatic amines is 1. The predicted molar refractivity (Wildman–Crippen MR) is 74.6 cm³/mol. The van der Waals surface area contributed by atoms with Crippen molar-refractivity contribution in [3.05, 3.63) is 60.2 Å². The summed E-state index contributed by atoms with van der Waals surface area (Å²) in [6, 6.07) is 18.6. The Morgan fingerprint density at radius 2 is 1.72 bits per heavy atom. The lowest BCUT2D eigenvalue weighted by Crippen LogP contribution is -2.07. The Balaban J connectivity index is 1.84. The van der Waals surface area contributed by atoms with Crippen LogP contribution in [0, 0.1) is 0 Å². The number of hydrogen-bond acceptors (Lipinski definition) is 2. The second kappa shape index (κ2) is 4.53. The van der Waals surface area contributed by atoms with Gasteiger partial charge in [0.2, 0.25) is 5.95 Å². The van der Waals surface area contributed by atoms with Crippen molar-refractivity contribution in [2.24, 2.45) is 0 Å². The van der Waals surface area contributed by atoms with Crippen LogP contribution in [-0.2, 0) is 0 Å². The van der Waals surface area contributed by atoms with E-state index in [9.17, 15) is 0 Å². The highest BCUT2D eigenvalue weighted by molar-refractivity contribution is 5.77. The molecule has 2 N–H and O–H groups in total. The highest BCUT2D eigenvalue weighted by Gasteiger charge is 2.07. The number of para-hydroxylation sites is 2. The zero-order chi connectivity index (χ0) is 12.4. The molecule has 2 aromatic carbocycles. The first kappa shape index (κ1) is 10.8. The molecule has 0 bridgehead atoms. The zero-order valence-electron chi connectivity index (χ0n) is 10.2. The molecule has 0 saturated heterocycles. The quantitative estimate of drug-likeness (QED) is 0.728. The summed E-state index contributed by atoms with van der Waals surface area (Å²) in [6.45, 7) is 2.13. The minimum absolute atomic E-state index is 0.228. The third-order valence-corrected chi connectivity index (χ3v) is 3.04. The van der Waals surface area contributed by atoms with Crippen LogP contribution in [0.4, 0.5) is 5.95 Å². The Kier molecular flexibility index (Phi) is 2.73. The van der Waals surface area contributed by atoms with Crippen molar-refractivity contribution >= 4 is 17.0 Å². The summed E-state index contributed by atoms with van der Waals surface area (Å²) < 4.78 is 0. The Labute approximate surface area is 106 Å². The largest absolute Gasteiger partial charge is 0.349 e.